The quantitative estimate of drug-likeness (QED) is 0.719. The van der Waals surface area contributed by atoms with Crippen molar-refractivity contribution in [2.75, 3.05) is 5.73 Å². The molecule has 8 heteroatoms. The van der Waals surface area contributed by atoms with Gasteiger partial charge in [-0.1, -0.05) is 46.9 Å². The van der Waals surface area contributed by atoms with E-state index in [2.05, 4.69) is 15.5 Å². The van der Waals surface area contributed by atoms with Gasteiger partial charge in [-0.2, -0.15) is 4.68 Å². The molecule has 5 nitrogen and oxygen atoms in total. The number of halogens is 3. The van der Waals surface area contributed by atoms with Crippen LogP contribution in [0.2, 0.25) is 15.1 Å². The fourth-order valence-electron chi connectivity index (χ4n) is 1.94. The van der Waals surface area contributed by atoms with Gasteiger partial charge in [-0.05, 0) is 34.7 Å². The zero-order valence-corrected chi connectivity index (χ0v) is 12.7. The molecule has 3 rings (SSSR count). The van der Waals surface area contributed by atoms with E-state index in [0.717, 1.165) is 0 Å². The number of benzene rings is 2. The summed E-state index contributed by atoms with van der Waals surface area (Å²) in [5.74, 6) is 0.444. The molecule has 0 unspecified atom stereocenters. The van der Waals surface area contributed by atoms with Gasteiger partial charge in [0.15, 0.2) is 5.82 Å². The van der Waals surface area contributed by atoms with E-state index < -0.39 is 0 Å². The highest BCUT2D eigenvalue weighted by Crippen LogP contribution is 2.34. The zero-order chi connectivity index (χ0) is 15.0. The third-order valence-corrected chi connectivity index (χ3v) is 3.66. The number of nitrogens with two attached hydrogens (primary N) is 1. The number of hydrogen-bond donors (Lipinski definition) is 1. The molecular weight excluding hydrogens is 333 g/mol. The Morgan fingerprint density at radius 3 is 2.33 bits per heavy atom. The summed E-state index contributed by atoms with van der Waals surface area (Å²) < 4.78 is 1.44. The minimum Gasteiger partial charge on any atom is -0.398 e. The molecule has 21 heavy (non-hydrogen) atoms. The van der Waals surface area contributed by atoms with Gasteiger partial charge < -0.3 is 5.73 Å². The Morgan fingerprint density at radius 1 is 1.00 bits per heavy atom. The molecule has 0 radical (unpaired) electrons. The van der Waals surface area contributed by atoms with Crippen LogP contribution in [-0.2, 0) is 0 Å². The summed E-state index contributed by atoms with van der Waals surface area (Å²) in [6.45, 7) is 0. The second kappa shape index (κ2) is 5.52. The summed E-state index contributed by atoms with van der Waals surface area (Å²) in [5.41, 5.74) is 7.65. The van der Waals surface area contributed by atoms with Crippen molar-refractivity contribution in [1.82, 2.24) is 20.2 Å². The molecule has 0 bridgehead atoms. The van der Waals surface area contributed by atoms with Gasteiger partial charge >= 0.3 is 0 Å². The molecule has 2 aromatic carbocycles. The average Bonchev–Trinajstić information content (AvgIpc) is 2.87. The second-order valence-electron chi connectivity index (χ2n) is 4.22. The van der Waals surface area contributed by atoms with E-state index in [9.17, 15) is 0 Å². The maximum atomic E-state index is 6.21. The van der Waals surface area contributed by atoms with Crippen molar-refractivity contribution in [3.05, 3.63) is 51.5 Å². The van der Waals surface area contributed by atoms with Gasteiger partial charge in [0, 0.05) is 16.3 Å². The second-order valence-corrected chi connectivity index (χ2v) is 5.47. The number of anilines is 1. The molecule has 2 N–H and O–H groups in total. The van der Waals surface area contributed by atoms with E-state index in [1.165, 1.54) is 4.68 Å². The fraction of sp³-hybridized carbons (Fsp3) is 0. The molecule has 0 saturated carbocycles. The highest BCUT2D eigenvalue weighted by molar-refractivity contribution is 6.40. The van der Waals surface area contributed by atoms with Crippen LogP contribution >= 0.6 is 34.8 Å². The summed E-state index contributed by atoms with van der Waals surface area (Å²) in [6.07, 6.45) is 0. The molecule has 106 valence electrons. The van der Waals surface area contributed by atoms with Crippen LogP contribution in [0.4, 0.5) is 5.69 Å². The molecule has 0 atom stereocenters. The zero-order valence-electron chi connectivity index (χ0n) is 10.5. The van der Waals surface area contributed by atoms with Crippen molar-refractivity contribution in [2.24, 2.45) is 0 Å². The molecule has 0 amide bonds. The van der Waals surface area contributed by atoms with E-state index >= 15 is 0 Å². The standard InChI is InChI=1S/C13H8Cl3N5/c14-7-5-9(15)12(10(16)6-7)21-13(18-19-20-21)8-3-1-2-4-11(8)17/h1-6H,17H2. The molecule has 3 aromatic rings. The first-order chi connectivity index (χ1) is 10.1. The van der Waals surface area contributed by atoms with Crippen LogP contribution in [0.25, 0.3) is 17.1 Å². The molecule has 1 aromatic heterocycles. The predicted molar refractivity (Wildman–Crippen MR) is 84.0 cm³/mol. The largest absolute Gasteiger partial charge is 0.398 e. The van der Waals surface area contributed by atoms with Crippen molar-refractivity contribution in [3.63, 3.8) is 0 Å². The topological polar surface area (TPSA) is 69.6 Å². The fourth-order valence-corrected chi connectivity index (χ4v) is 2.92. The molecule has 0 aliphatic heterocycles. The summed E-state index contributed by atoms with van der Waals surface area (Å²) in [6, 6.07) is 10.4. The van der Waals surface area contributed by atoms with Crippen molar-refractivity contribution in [3.8, 4) is 17.1 Å². The number of rotatable bonds is 2. The predicted octanol–water partition coefficient (Wildman–Crippen LogP) is 3.87. The van der Waals surface area contributed by atoms with Crippen LogP contribution in [0, 0.1) is 0 Å². The highest BCUT2D eigenvalue weighted by atomic mass is 35.5. The Balaban J connectivity index is 2.24. The first kappa shape index (κ1) is 14.1. The summed E-state index contributed by atoms with van der Waals surface area (Å²) in [4.78, 5) is 0. The van der Waals surface area contributed by atoms with Crippen LogP contribution in [0.15, 0.2) is 36.4 Å². The summed E-state index contributed by atoms with van der Waals surface area (Å²) in [7, 11) is 0. The molecule has 0 aliphatic carbocycles. The summed E-state index contributed by atoms with van der Waals surface area (Å²) in [5, 5.41) is 12.7. The van der Waals surface area contributed by atoms with Crippen molar-refractivity contribution in [2.45, 2.75) is 0 Å². The van der Waals surface area contributed by atoms with Gasteiger partial charge in [0.2, 0.25) is 0 Å². The highest BCUT2D eigenvalue weighted by Gasteiger charge is 2.18. The molecule has 0 spiro atoms. The van der Waals surface area contributed by atoms with Gasteiger partial charge in [0.1, 0.15) is 5.69 Å². The number of tetrazole rings is 1. The third kappa shape index (κ3) is 2.55. The van der Waals surface area contributed by atoms with E-state index in [1.807, 2.05) is 18.2 Å². The van der Waals surface area contributed by atoms with Gasteiger partial charge in [0.25, 0.3) is 0 Å². The van der Waals surface area contributed by atoms with Gasteiger partial charge in [0.05, 0.1) is 10.0 Å². The first-order valence-corrected chi connectivity index (χ1v) is 6.99. The minimum atomic E-state index is 0.343. The average molecular weight is 341 g/mol. The van der Waals surface area contributed by atoms with E-state index in [1.54, 1.807) is 18.2 Å². The lowest BCUT2D eigenvalue weighted by atomic mass is 10.1. The van der Waals surface area contributed by atoms with E-state index in [-0.39, 0.29) is 0 Å². The number of para-hydroxylation sites is 1. The SMILES string of the molecule is Nc1ccccc1-c1nnnn1-c1c(Cl)cc(Cl)cc1Cl. The van der Waals surface area contributed by atoms with E-state index in [4.69, 9.17) is 40.5 Å². The summed E-state index contributed by atoms with van der Waals surface area (Å²) >= 11 is 18.3. The minimum absolute atomic E-state index is 0.343. The monoisotopic (exact) mass is 339 g/mol. The molecule has 0 fully saturated rings. The van der Waals surface area contributed by atoms with Gasteiger partial charge in [-0.15, -0.1) is 5.10 Å². The van der Waals surface area contributed by atoms with Crippen LogP contribution in [0.5, 0.6) is 0 Å². The van der Waals surface area contributed by atoms with Crippen LogP contribution in [0.3, 0.4) is 0 Å². The lowest BCUT2D eigenvalue weighted by Gasteiger charge is -2.10. The van der Waals surface area contributed by atoms with Crippen molar-refractivity contribution in [1.29, 1.82) is 0 Å². The first-order valence-electron chi connectivity index (χ1n) is 5.86. The Hall–Kier alpha value is -1.82. The number of hydrogen-bond acceptors (Lipinski definition) is 4. The van der Waals surface area contributed by atoms with Gasteiger partial charge in [-0.25, -0.2) is 0 Å². The molecule has 1 heterocycles. The van der Waals surface area contributed by atoms with Crippen LogP contribution < -0.4 is 5.73 Å². The van der Waals surface area contributed by atoms with Crippen LogP contribution in [0.1, 0.15) is 0 Å². The Morgan fingerprint density at radius 2 is 1.67 bits per heavy atom. The number of nitrogen functional groups attached to an aromatic ring is 1. The number of aromatic nitrogens is 4. The lowest BCUT2D eigenvalue weighted by Crippen LogP contribution is -2.03. The maximum absolute atomic E-state index is 6.21. The normalized spacial score (nSPS) is 10.8. The Bertz CT molecular complexity index is 792. The number of nitrogens with zero attached hydrogens (tertiary/aromatic N) is 4. The smallest absolute Gasteiger partial charge is 0.189 e. The molecule has 0 saturated heterocycles. The lowest BCUT2D eigenvalue weighted by molar-refractivity contribution is 0.791. The van der Waals surface area contributed by atoms with Crippen molar-refractivity contribution < 1.29 is 0 Å². The van der Waals surface area contributed by atoms with E-state index in [0.29, 0.717) is 37.8 Å². The van der Waals surface area contributed by atoms with Crippen molar-refractivity contribution >= 4 is 40.5 Å². The Kier molecular flexibility index (Phi) is 3.71. The molecule has 0 aliphatic rings. The third-order valence-electron chi connectivity index (χ3n) is 2.86. The maximum Gasteiger partial charge on any atom is 0.189 e. The van der Waals surface area contributed by atoms with Gasteiger partial charge in [-0.3, -0.25) is 0 Å². The molecular formula is C13H8Cl3N5. The Labute approximate surface area is 135 Å². The van der Waals surface area contributed by atoms with Crippen LogP contribution in [-0.4, -0.2) is 20.2 Å².